The third-order valence-corrected chi connectivity index (χ3v) is 1.96. The quantitative estimate of drug-likeness (QED) is 0.847. The van der Waals surface area contributed by atoms with Crippen LogP contribution >= 0.6 is 0 Å². The van der Waals surface area contributed by atoms with Crippen LogP contribution in [0.4, 0.5) is 4.39 Å². The SMILES string of the molecule is COc1ccc(C=CCNC(C)=O)cc1F. The number of ether oxygens (including phenoxy) is 1. The lowest BCUT2D eigenvalue weighted by atomic mass is 10.2. The zero-order chi connectivity index (χ0) is 12.0. The number of carbonyl (C=O) groups excluding carboxylic acids is 1. The van der Waals surface area contributed by atoms with Gasteiger partial charge in [-0.2, -0.15) is 0 Å². The molecule has 3 nitrogen and oxygen atoms in total. The summed E-state index contributed by atoms with van der Waals surface area (Å²) in [6, 6.07) is 4.68. The first-order chi connectivity index (χ1) is 7.63. The average molecular weight is 223 g/mol. The van der Waals surface area contributed by atoms with Crippen molar-refractivity contribution in [3.05, 3.63) is 35.7 Å². The van der Waals surface area contributed by atoms with Gasteiger partial charge in [0.15, 0.2) is 11.6 Å². The predicted octanol–water partition coefficient (Wildman–Crippen LogP) is 1.98. The molecule has 0 bridgehead atoms. The maximum absolute atomic E-state index is 13.3. The Morgan fingerprint density at radius 2 is 2.31 bits per heavy atom. The summed E-state index contributed by atoms with van der Waals surface area (Å²) in [6.07, 6.45) is 3.49. The van der Waals surface area contributed by atoms with Gasteiger partial charge in [-0.05, 0) is 17.7 Å². The Morgan fingerprint density at radius 1 is 1.56 bits per heavy atom. The van der Waals surface area contributed by atoms with E-state index >= 15 is 0 Å². The van der Waals surface area contributed by atoms with Crippen LogP contribution in [-0.2, 0) is 4.79 Å². The lowest BCUT2D eigenvalue weighted by Gasteiger charge is -2.02. The monoisotopic (exact) mass is 223 g/mol. The minimum absolute atomic E-state index is 0.0921. The fraction of sp³-hybridized carbons (Fsp3) is 0.250. The second kappa shape index (κ2) is 5.90. The molecule has 86 valence electrons. The zero-order valence-corrected chi connectivity index (χ0v) is 9.29. The number of methoxy groups -OCH3 is 1. The van der Waals surface area contributed by atoms with Crippen molar-refractivity contribution in [3.8, 4) is 5.75 Å². The minimum Gasteiger partial charge on any atom is -0.494 e. The van der Waals surface area contributed by atoms with Crippen molar-refractivity contribution in [1.82, 2.24) is 5.32 Å². The Kier molecular flexibility index (Phi) is 4.51. The van der Waals surface area contributed by atoms with E-state index in [4.69, 9.17) is 4.74 Å². The van der Waals surface area contributed by atoms with Crippen LogP contribution in [0.25, 0.3) is 6.08 Å². The molecule has 0 aliphatic rings. The van der Waals surface area contributed by atoms with Crippen LogP contribution < -0.4 is 10.1 Å². The molecule has 0 unspecified atom stereocenters. The van der Waals surface area contributed by atoms with E-state index in [2.05, 4.69) is 5.32 Å². The first-order valence-electron chi connectivity index (χ1n) is 4.88. The van der Waals surface area contributed by atoms with Gasteiger partial charge in [-0.1, -0.05) is 18.2 Å². The van der Waals surface area contributed by atoms with Crippen molar-refractivity contribution in [1.29, 1.82) is 0 Å². The molecule has 16 heavy (non-hydrogen) atoms. The lowest BCUT2D eigenvalue weighted by Crippen LogP contribution is -2.19. The molecule has 0 saturated heterocycles. The number of hydrogen-bond donors (Lipinski definition) is 1. The van der Waals surface area contributed by atoms with E-state index in [0.717, 1.165) is 5.56 Å². The van der Waals surface area contributed by atoms with E-state index in [1.54, 1.807) is 24.3 Å². The maximum Gasteiger partial charge on any atom is 0.217 e. The molecular weight excluding hydrogens is 209 g/mol. The highest BCUT2D eigenvalue weighted by Crippen LogP contribution is 2.18. The molecule has 1 N–H and O–H groups in total. The number of carbonyl (C=O) groups is 1. The highest BCUT2D eigenvalue weighted by molar-refractivity contribution is 5.73. The summed E-state index contributed by atoms with van der Waals surface area (Å²) < 4.78 is 18.1. The zero-order valence-electron chi connectivity index (χ0n) is 9.29. The summed E-state index contributed by atoms with van der Waals surface area (Å²) >= 11 is 0. The number of benzene rings is 1. The summed E-state index contributed by atoms with van der Waals surface area (Å²) in [5, 5.41) is 2.61. The van der Waals surface area contributed by atoms with Crippen LogP contribution in [0.5, 0.6) is 5.75 Å². The number of halogens is 1. The first kappa shape index (κ1) is 12.2. The summed E-state index contributed by atoms with van der Waals surface area (Å²) in [6.45, 7) is 1.88. The van der Waals surface area contributed by atoms with E-state index in [-0.39, 0.29) is 11.7 Å². The maximum atomic E-state index is 13.3. The summed E-state index contributed by atoms with van der Waals surface area (Å²) in [5.74, 6) is -0.270. The number of nitrogens with one attached hydrogen (secondary N) is 1. The summed E-state index contributed by atoms with van der Waals surface area (Å²) in [4.78, 5) is 10.6. The van der Waals surface area contributed by atoms with Crippen molar-refractivity contribution in [3.63, 3.8) is 0 Å². The van der Waals surface area contributed by atoms with Crippen molar-refractivity contribution in [2.24, 2.45) is 0 Å². The summed E-state index contributed by atoms with van der Waals surface area (Å²) in [5.41, 5.74) is 0.726. The van der Waals surface area contributed by atoms with E-state index in [1.165, 1.54) is 20.1 Å². The Bertz CT molecular complexity index is 402. The van der Waals surface area contributed by atoms with Gasteiger partial charge < -0.3 is 10.1 Å². The molecule has 1 aromatic carbocycles. The number of rotatable bonds is 4. The predicted molar refractivity (Wildman–Crippen MR) is 60.7 cm³/mol. The van der Waals surface area contributed by atoms with Crippen LogP contribution in [0.2, 0.25) is 0 Å². The third-order valence-electron chi connectivity index (χ3n) is 1.96. The van der Waals surface area contributed by atoms with E-state index in [1.807, 2.05) is 0 Å². The fourth-order valence-electron chi connectivity index (χ4n) is 1.18. The van der Waals surface area contributed by atoms with Gasteiger partial charge in [0, 0.05) is 13.5 Å². The normalized spacial score (nSPS) is 10.4. The minimum atomic E-state index is -0.399. The highest BCUT2D eigenvalue weighted by Gasteiger charge is 2.00. The van der Waals surface area contributed by atoms with Crippen LogP contribution in [0.15, 0.2) is 24.3 Å². The average Bonchev–Trinajstić information content (AvgIpc) is 2.24. The van der Waals surface area contributed by atoms with Crippen molar-refractivity contribution < 1.29 is 13.9 Å². The molecule has 1 aromatic rings. The second-order valence-corrected chi connectivity index (χ2v) is 3.23. The highest BCUT2D eigenvalue weighted by atomic mass is 19.1. The van der Waals surface area contributed by atoms with Crippen LogP contribution in [0, 0.1) is 5.82 Å². The molecule has 0 saturated carbocycles. The Hall–Kier alpha value is -1.84. The molecule has 0 aliphatic carbocycles. The largest absolute Gasteiger partial charge is 0.494 e. The van der Waals surface area contributed by atoms with Gasteiger partial charge in [0.05, 0.1) is 7.11 Å². The van der Waals surface area contributed by atoms with Crippen molar-refractivity contribution >= 4 is 12.0 Å². The standard InChI is InChI=1S/C12H14FNO2/c1-9(15)14-7-3-4-10-5-6-12(16-2)11(13)8-10/h3-6,8H,7H2,1-2H3,(H,14,15). The molecule has 1 amide bonds. The van der Waals surface area contributed by atoms with Crippen molar-refractivity contribution in [2.75, 3.05) is 13.7 Å². The molecule has 0 radical (unpaired) electrons. The summed E-state index contributed by atoms with van der Waals surface area (Å²) in [7, 11) is 1.42. The topological polar surface area (TPSA) is 38.3 Å². The molecule has 0 aromatic heterocycles. The van der Waals surface area contributed by atoms with E-state index in [9.17, 15) is 9.18 Å². The van der Waals surface area contributed by atoms with E-state index < -0.39 is 5.82 Å². The van der Waals surface area contributed by atoms with Crippen LogP contribution in [0.3, 0.4) is 0 Å². The number of amides is 1. The van der Waals surface area contributed by atoms with Gasteiger partial charge in [-0.25, -0.2) is 4.39 Å². The smallest absolute Gasteiger partial charge is 0.217 e. The van der Waals surface area contributed by atoms with Gasteiger partial charge in [0.2, 0.25) is 5.91 Å². The van der Waals surface area contributed by atoms with Gasteiger partial charge in [0.25, 0.3) is 0 Å². The molecule has 4 heteroatoms. The van der Waals surface area contributed by atoms with Crippen LogP contribution in [0.1, 0.15) is 12.5 Å². The van der Waals surface area contributed by atoms with Crippen molar-refractivity contribution in [2.45, 2.75) is 6.92 Å². The fourth-order valence-corrected chi connectivity index (χ4v) is 1.18. The molecular formula is C12H14FNO2. The molecule has 0 aliphatic heterocycles. The second-order valence-electron chi connectivity index (χ2n) is 3.23. The van der Waals surface area contributed by atoms with Gasteiger partial charge in [-0.3, -0.25) is 4.79 Å². The lowest BCUT2D eigenvalue weighted by molar-refractivity contribution is -0.118. The molecule has 0 spiro atoms. The Balaban J connectivity index is 2.61. The first-order valence-corrected chi connectivity index (χ1v) is 4.88. The molecule has 0 heterocycles. The van der Waals surface area contributed by atoms with Crippen LogP contribution in [-0.4, -0.2) is 19.6 Å². The Morgan fingerprint density at radius 3 is 2.88 bits per heavy atom. The van der Waals surface area contributed by atoms with E-state index in [0.29, 0.717) is 6.54 Å². The molecule has 0 fully saturated rings. The van der Waals surface area contributed by atoms with Gasteiger partial charge in [0.1, 0.15) is 0 Å². The Labute approximate surface area is 93.9 Å². The molecule has 0 atom stereocenters. The van der Waals surface area contributed by atoms with Gasteiger partial charge in [-0.15, -0.1) is 0 Å². The van der Waals surface area contributed by atoms with Gasteiger partial charge >= 0.3 is 0 Å². The number of hydrogen-bond acceptors (Lipinski definition) is 2. The molecule has 1 rings (SSSR count). The third kappa shape index (κ3) is 3.73.